The molecule has 0 bridgehead atoms. The molecule has 2 aromatic rings. The average molecular weight is 387 g/mol. The molecule has 5 nitrogen and oxygen atoms in total. The molecule has 0 aliphatic carbocycles. The fourth-order valence-electron chi connectivity index (χ4n) is 2.28. The van der Waals surface area contributed by atoms with Crippen molar-refractivity contribution in [2.45, 2.75) is 33.4 Å². The lowest BCUT2D eigenvalue weighted by molar-refractivity contribution is -0.118. The molecular weight excluding hydrogens is 360 g/mol. The van der Waals surface area contributed by atoms with Gasteiger partial charge in [-0.15, -0.1) is 11.8 Å². The van der Waals surface area contributed by atoms with Gasteiger partial charge in [-0.2, -0.15) is 0 Å². The zero-order chi connectivity index (χ0) is 19.6. The number of nitrogens with one attached hydrogen (secondary N) is 2. The van der Waals surface area contributed by atoms with E-state index in [0.717, 1.165) is 22.6 Å². The first-order chi connectivity index (χ1) is 12.9. The molecule has 0 spiro atoms. The van der Waals surface area contributed by atoms with Crippen molar-refractivity contribution in [3.63, 3.8) is 0 Å². The van der Waals surface area contributed by atoms with Gasteiger partial charge in [0.1, 0.15) is 5.75 Å². The Labute approximate surface area is 164 Å². The highest BCUT2D eigenvalue weighted by atomic mass is 32.2. The zero-order valence-corrected chi connectivity index (χ0v) is 16.8. The monoisotopic (exact) mass is 386 g/mol. The van der Waals surface area contributed by atoms with Crippen LogP contribution in [-0.2, 0) is 16.1 Å². The van der Waals surface area contributed by atoms with Crippen molar-refractivity contribution in [2.24, 2.45) is 0 Å². The van der Waals surface area contributed by atoms with E-state index in [-0.39, 0.29) is 29.4 Å². The number of rotatable bonds is 9. The summed E-state index contributed by atoms with van der Waals surface area (Å²) >= 11 is 1.29. The number of carbonyl (C=O) groups excluding carboxylic acids is 2. The van der Waals surface area contributed by atoms with Gasteiger partial charge in [0.15, 0.2) is 0 Å². The Morgan fingerprint density at radius 1 is 0.963 bits per heavy atom. The maximum atomic E-state index is 11.9. The molecule has 0 radical (unpaired) electrons. The van der Waals surface area contributed by atoms with E-state index in [2.05, 4.69) is 10.6 Å². The van der Waals surface area contributed by atoms with Gasteiger partial charge in [-0.3, -0.25) is 9.59 Å². The quantitative estimate of drug-likeness (QED) is 0.688. The minimum atomic E-state index is -0.114. The summed E-state index contributed by atoms with van der Waals surface area (Å²) in [6.45, 7) is 6.41. The van der Waals surface area contributed by atoms with Crippen molar-refractivity contribution in [1.82, 2.24) is 5.32 Å². The lowest BCUT2D eigenvalue weighted by Gasteiger charge is -2.10. The zero-order valence-electron chi connectivity index (χ0n) is 16.0. The van der Waals surface area contributed by atoms with Gasteiger partial charge < -0.3 is 15.4 Å². The van der Waals surface area contributed by atoms with E-state index in [4.69, 9.17) is 4.74 Å². The summed E-state index contributed by atoms with van der Waals surface area (Å²) in [5, 5.41) is 5.67. The van der Waals surface area contributed by atoms with E-state index in [1.165, 1.54) is 11.8 Å². The molecule has 2 rings (SSSR count). The van der Waals surface area contributed by atoms with Crippen LogP contribution in [0.3, 0.4) is 0 Å². The summed E-state index contributed by atoms with van der Waals surface area (Å²) < 4.78 is 5.59. The first-order valence-electron chi connectivity index (χ1n) is 8.89. The molecule has 0 fully saturated rings. The van der Waals surface area contributed by atoms with Crippen LogP contribution in [0.4, 0.5) is 5.69 Å². The molecular formula is C21H26N2O3S. The summed E-state index contributed by atoms with van der Waals surface area (Å²) in [6.07, 6.45) is 0.135. The minimum Gasteiger partial charge on any atom is -0.491 e. The van der Waals surface area contributed by atoms with Crippen LogP contribution < -0.4 is 15.4 Å². The van der Waals surface area contributed by atoms with Crippen molar-refractivity contribution in [1.29, 1.82) is 0 Å². The Morgan fingerprint density at radius 2 is 1.59 bits per heavy atom. The number of ether oxygens (including phenoxy) is 1. The normalized spacial score (nSPS) is 10.5. The summed E-state index contributed by atoms with van der Waals surface area (Å²) in [5.74, 6) is 1.09. The van der Waals surface area contributed by atoms with Crippen LogP contribution in [-0.4, -0.2) is 29.4 Å². The van der Waals surface area contributed by atoms with Crippen molar-refractivity contribution in [3.8, 4) is 5.75 Å². The summed E-state index contributed by atoms with van der Waals surface area (Å²) in [6, 6.07) is 15.3. The molecule has 6 heteroatoms. The molecule has 0 atom stereocenters. The topological polar surface area (TPSA) is 67.4 Å². The Morgan fingerprint density at radius 3 is 2.22 bits per heavy atom. The molecule has 0 aromatic heterocycles. The highest BCUT2D eigenvalue weighted by Gasteiger charge is 2.06. The second kappa shape index (κ2) is 10.6. The standard InChI is InChI=1S/C21H26N2O3S/c1-15(2)26-19-10-6-17(7-11-19)12-22-20(24)13-27-14-21(25)23-18-8-4-16(3)5-9-18/h4-11,15H,12-14H2,1-3H3,(H,22,24)(H,23,25). The highest BCUT2D eigenvalue weighted by molar-refractivity contribution is 8.00. The number of thioether (sulfide) groups is 1. The third-order valence-electron chi connectivity index (χ3n) is 3.59. The molecule has 2 N–H and O–H groups in total. The van der Waals surface area contributed by atoms with E-state index in [0.29, 0.717) is 6.54 Å². The Bertz CT molecular complexity index is 743. The van der Waals surface area contributed by atoms with Gasteiger partial charge in [0.2, 0.25) is 11.8 Å². The van der Waals surface area contributed by atoms with Crippen LogP contribution in [0.5, 0.6) is 5.75 Å². The Hall–Kier alpha value is -2.47. The maximum absolute atomic E-state index is 11.9. The Kier molecular flexibility index (Phi) is 8.20. The summed E-state index contributed by atoms with van der Waals surface area (Å²) in [7, 11) is 0. The average Bonchev–Trinajstić information content (AvgIpc) is 2.62. The van der Waals surface area contributed by atoms with Gasteiger partial charge in [0.25, 0.3) is 0 Å². The van der Waals surface area contributed by atoms with Gasteiger partial charge in [0.05, 0.1) is 17.6 Å². The number of aryl methyl sites for hydroxylation is 1. The molecule has 0 saturated heterocycles. The highest BCUT2D eigenvalue weighted by Crippen LogP contribution is 2.14. The van der Waals surface area contributed by atoms with Gasteiger partial charge in [0, 0.05) is 12.2 Å². The van der Waals surface area contributed by atoms with E-state index in [9.17, 15) is 9.59 Å². The SMILES string of the molecule is Cc1ccc(NC(=O)CSCC(=O)NCc2ccc(OC(C)C)cc2)cc1. The first kappa shape index (κ1) is 20.8. The number of benzene rings is 2. The first-order valence-corrected chi connectivity index (χ1v) is 10.0. The fraction of sp³-hybridized carbons (Fsp3) is 0.333. The summed E-state index contributed by atoms with van der Waals surface area (Å²) in [5.41, 5.74) is 2.91. The van der Waals surface area contributed by atoms with Crippen molar-refractivity contribution < 1.29 is 14.3 Å². The predicted molar refractivity (Wildman–Crippen MR) is 111 cm³/mol. The molecule has 0 unspecified atom stereocenters. The van der Waals surface area contributed by atoms with E-state index in [1.54, 1.807) is 0 Å². The molecule has 0 saturated carbocycles. The lowest BCUT2D eigenvalue weighted by atomic mass is 10.2. The van der Waals surface area contributed by atoms with Crippen LogP contribution in [0.25, 0.3) is 0 Å². The molecule has 0 aliphatic heterocycles. The van der Waals surface area contributed by atoms with Crippen molar-refractivity contribution in [3.05, 3.63) is 59.7 Å². The van der Waals surface area contributed by atoms with Gasteiger partial charge in [-0.05, 0) is 50.6 Å². The third-order valence-corrected chi connectivity index (χ3v) is 4.52. The number of anilines is 1. The van der Waals surface area contributed by atoms with Gasteiger partial charge >= 0.3 is 0 Å². The van der Waals surface area contributed by atoms with Gasteiger partial charge in [-0.25, -0.2) is 0 Å². The number of amides is 2. The molecule has 2 amide bonds. The largest absolute Gasteiger partial charge is 0.491 e. The maximum Gasteiger partial charge on any atom is 0.234 e. The molecule has 2 aromatic carbocycles. The van der Waals surface area contributed by atoms with Crippen LogP contribution in [0.2, 0.25) is 0 Å². The van der Waals surface area contributed by atoms with E-state index in [1.807, 2.05) is 69.3 Å². The summed E-state index contributed by atoms with van der Waals surface area (Å²) in [4.78, 5) is 23.8. The molecule has 0 heterocycles. The molecule has 0 aliphatic rings. The number of hydrogen-bond acceptors (Lipinski definition) is 4. The molecule has 144 valence electrons. The minimum absolute atomic E-state index is 0.0920. The smallest absolute Gasteiger partial charge is 0.234 e. The van der Waals surface area contributed by atoms with Crippen molar-refractivity contribution in [2.75, 3.05) is 16.8 Å². The van der Waals surface area contributed by atoms with Crippen LogP contribution in [0.15, 0.2) is 48.5 Å². The third kappa shape index (κ3) is 8.17. The second-order valence-corrected chi connectivity index (χ2v) is 7.48. The molecule has 27 heavy (non-hydrogen) atoms. The lowest BCUT2D eigenvalue weighted by Crippen LogP contribution is -2.25. The van der Waals surface area contributed by atoms with E-state index >= 15 is 0 Å². The van der Waals surface area contributed by atoms with E-state index < -0.39 is 0 Å². The van der Waals surface area contributed by atoms with Crippen LogP contribution >= 0.6 is 11.8 Å². The fourth-order valence-corrected chi connectivity index (χ4v) is 2.93. The number of hydrogen-bond donors (Lipinski definition) is 2. The van der Waals surface area contributed by atoms with Crippen LogP contribution in [0, 0.1) is 6.92 Å². The van der Waals surface area contributed by atoms with Crippen LogP contribution in [0.1, 0.15) is 25.0 Å². The Balaban J connectivity index is 1.64. The van der Waals surface area contributed by atoms with Gasteiger partial charge in [-0.1, -0.05) is 29.8 Å². The number of carbonyl (C=O) groups is 2. The predicted octanol–water partition coefficient (Wildman–Crippen LogP) is 3.77. The van der Waals surface area contributed by atoms with Crippen molar-refractivity contribution >= 4 is 29.3 Å². The second-order valence-electron chi connectivity index (χ2n) is 6.49.